The second kappa shape index (κ2) is 5.67. The van der Waals surface area contributed by atoms with Gasteiger partial charge in [0, 0.05) is 12.7 Å². The smallest absolute Gasteiger partial charge is 0.253 e. The molecule has 0 aromatic carbocycles. The maximum atomic E-state index is 12.9. The van der Waals surface area contributed by atoms with Crippen molar-refractivity contribution in [1.29, 1.82) is 0 Å². The predicted molar refractivity (Wildman–Crippen MR) is 68.0 cm³/mol. The quantitative estimate of drug-likeness (QED) is 0.866. The standard InChI is InChI=1S/C12H15FN2O2S/c13-10-5-9(6-14-7-10)11(16)15-8-12(17)1-3-18-4-2-12/h5-7,17H,1-4,8H2,(H,15,16). The number of thioether (sulfide) groups is 1. The van der Waals surface area contributed by atoms with E-state index in [2.05, 4.69) is 10.3 Å². The molecule has 2 N–H and O–H groups in total. The lowest BCUT2D eigenvalue weighted by Gasteiger charge is -2.31. The fourth-order valence-corrected chi connectivity index (χ4v) is 3.06. The third-order valence-corrected chi connectivity index (χ3v) is 3.95. The van der Waals surface area contributed by atoms with E-state index in [4.69, 9.17) is 0 Å². The van der Waals surface area contributed by atoms with Crippen LogP contribution in [0.4, 0.5) is 4.39 Å². The number of halogens is 1. The van der Waals surface area contributed by atoms with E-state index in [-0.39, 0.29) is 12.1 Å². The van der Waals surface area contributed by atoms with Crippen LogP contribution in [0.1, 0.15) is 23.2 Å². The molecular formula is C12H15FN2O2S. The maximum absolute atomic E-state index is 12.9. The minimum absolute atomic E-state index is 0.170. The van der Waals surface area contributed by atoms with E-state index in [9.17, 15) is 14.3 Å². The summed E-state index contributed by atoms with van der Waals surface area (Å²) in [6.45, 7) is 0.197. The third kappa shape index (κ3) is 3.43. The first-order valence-corrected chi connectivity index (χ1v) is 6.93. The van der Waals surface area contributed by atoms with E-state index in [1.807, 2.05) is 0 Å². The molecule has 2 rings (SSSR count). The number of aromatic nitrogens is 1. The van der Waals surface area contributed by atoms with E-state index in [1.54, 1.807) is 11.8 Å². The normalized spacial score (nSPS) is 18.3. The minimum atomic E-state index is -0.832. The monoisotopic (exact) mass is 270 g/mol. The van der Waals surface area contributed by atoms with Gasteiger partial charge in [-0.25, -0.2) is 4.39 Å². The molecule has 18 heavy (non-hydrogen) atoms. The first-order chi connectivity index (χ1) is 8.59. The highest BCUT2D eigenvalue weighted by Gasteiger charge is 2.29. The molecule has 0 spiro atoms. The number of hydrogen-bond donors (Lipinski definition) is 2. The molecule has 1 aliphatic rings. The van der Waals surface area contributed by atoms with Crippen LogP contribution >= 0.6 is 11.8 Å². The molecule has 98 valence electrons. The number of nitrogens with one attached hydrogen (secondary N) is 1. The Balaban J connectivity index is 1.92. The summed E-state index contributed by atoms with van der Waals surface area (Å²) in [6, 6.07) is 1.13. The minimum Gasteiger partial charge on any atom is -0.388 e. The van der Waals surface area contributed by atoms with Crippen LogP contribution in [-0.4, -0.2) is 39.6 Å². The van der Waals surface area contributed by atoms with Crippen molar-refractivity contribution in [3.63, 3.8) is 0 Å². The van der Waals surface area contributed by atoms with Gasteiger partial charge in [-0.15, -0.1) is 0 Å². The summed E-state index contributed by atoms with van der Waals surface area (Å²) in [5, 5.41) is 12.8. The summed E-state index contributed by atoms with van der Waals surface area (Å²) in [7, 11) is 0. The number of rotatable bonds is 3. The Morgan fingerprint density at radius 1 is 1.50 bits per heavy atom. The summed E-state index contributed by atoms with van der Waals surface area (Å²) in [5.74, 6) is 0.839. The molecule has 0 radical (unpaired) electrons. The first-order valence-electron chi connectivity index (χ1n) is 5.78. The fraction of sp³-hybridized carbons (Fsp3) is 0.500. The van der Waals surface area contributed by atoms with Gasteiger partial charge in [0.2, 0.25) is 0 Å². The number of carbonyl (C=O) groups is 1. The molecule has 0 bridgehead atoms. The Morgan fingerprint density at radius 2 is 2.22 bits per heavy atom. The van der Waals surface area contributed by atoms with Crippen molar-refractivity contribution in [3.8, 4) is 0 Å². The Bertz CT molecular complexity index is 436. The van der Waals surface area contributed by atoms with Crippen LogP contribution in [-0.2, 0) is 0 Å². The largest absolute Gasteiger partial charge is 0.388 e. The highest BCUT2D eigenvalue weighted by Crippen LogP contribution is 2.26. The van der Waals surface area contributed by atoms with Crippen LogP contribution in [0.25, 0.3) is 0 Å². The highest BCUT2D eigenvalue weighted by molar-refractivity contribution is 7.99. The Kier molecular flexibility index (Phi) is 4.19. The molecular weight excluding hydrogens is 255 g/mol. The lowest BCUT2D eigenvalue weighted by atomic mass is 9.97. The summed E-state index contributed by atoms with van der Waals surface area (Å²) < 4.78 is 12.9. The fourth-order valence-electron chi connectivity index (χ4n) is 1.81. The number of aliphatic hydroxyl groups is 1. The average Bonchev–Trinajstić information content (AvgIpc) is 2.37. The molecule has 1 fully saturated rings. The maximum Gasteiger partial charge on any atom is 0.253 e. The van der Waals surface area contributed by atoms with Gasteiger partial charge in [0.15, 0.2) is 0 Å². The average molecular weight is 270 g/mol. The van der Waals surface area contributed by atoms with Crippen molar-refractivity contribution in [2.75, 3.05) is 18.1 Å². The molecule has 0 unspecified atom stereocenters. The van der Waals surface area contributed by atoms with Crippen molar-refractivity contribution >= 4 is 17.7 Å². The molecule has 1 aromatic heterocycles. The van der Waals surface area contributed by atoms with Crippen LogP contribution in [0.3, 0.4) is 0 Å². The predicted octanol–water partition coefficient (Wildman–Crippen LogP) is 1.21. The highest BCUT2D eigenvalue weighted by atomic mass is 32.2. The number of hydrogen-bond acceptors (Lipinski definition) is 4. The zero-order chi connectivity index (χ0) is 13.0. The molecule has 6 heteroatoms. The Morgan fingerprint density at radius 3 is 2.89 bits per heavy atom. The molecule has 0 saturated carbocycles. The Hall–Kier alpha value is -1.14. The van der Waals surface area contributed by atoms with Crippen LogP contribution < -0.4 is 5.32 Å². The van der Waals surface area contributed by atoms with Crippen molar-refractivity contribution in [2.24, 2.45) is 0 Å². The van der Waals surface area contributed by atoms with Gasteiger partial charge in [-0.05, 0) is 30.4 Å². The van der Waals surface area contributed by atoms with E-state index in [0.717, 1.165) is 23.8 Å². The number of carbonyl (C=O) groups excluding carboxylic acids is 1. The Labute approximate surface area is 109 Å². The van der Waals surface area contributed by atoms with Crippen molar-refractivity contribution in [2.45, 2.75) is 18.4 Å². The molecule has 1 amide bonds. The molecule has 1 aliphatic heterocycles. The number of pyridine rings is 1. The zero-order valence-electron chi connectivity index (χ0n) is 9.86. The molecule has 0 atom stereocenters. The second-order valence-corrected chi connectivity index (χ2v) is 5.64. The SMILES string of the molecule is O=C(NCC1(O)CCSCC1)c1cncc(F)c1. The summed E-state index contributed by atoms with van der Waals surface area (Å²) >= 11 is 1.80. The van der Waals surface area contributed by atoms with Gasteiger partial charge in [-0.1, -0.05) is 0 Å². The molecule has 4 nitrogen and oxygen atoms in total. The molecule has 0 aliphatic carbocycles. The molecule has 2 heterocycles. The van der Waals surface area contributed by atoms with Gasteiger partial charge in [-0.2, -0.15) is 11.8 Å². The number of amides is 1. The molecule has 1 saturated heterocycles. The van der Waals surface area contributed by atoms with E-state index in [0.29, 0.717) is 12.8 Å². The van der Waals surface area contributed by atoms with Gasteiger partial charge in [0.05, 0.1) is 17.4 Å². The van der Waals surface area contributed by atoms with Crippen LogP contribution in [0.15, 0.2) is 18.5 Å². The molecule has 1 aromatic rings. The topological polar surface area (TPSA) is 62.2 Å². The first kappa shape index (κ1) is 13.3. The summed E-state index contributed by atoms with van der Waals surface area (Å²) in [6.07, 6.45) is 3.68. The lowest BCUT2D eigenvalue weighted by Crippen LogP contribution is -2.45. The van der Waals surface area contributed by atoms with E-state index < -0.39 is 17.3 Å². The van der Waals surface area contributed by atoms with Crippen molar-refractivity contribution in [3.05, 3.63) is 29.8 Å². The van der Waals surface area contributed by atoms with Crippen LogP contribution in [0.2, 0.25) is 0 Å². The van der Waals surface area contributed by atoms with E-state index in [1.165, 1.54) is 6.20 Å². The van der Waals surface area contributed by atoms with Crippen molar-refractivity contribution < 1.29 is 14.3 Å². The van der Waals surface area contributed by atoms with Gasteiger partial charge >= 0.3 is 0 Å². The van der Waals surface area contributed by atoms with Gasteiger partial charge in [0.1, 0.15) is 5.82 Å². The number of nitrogens with zero attached hydrogens (tertiary/aromatic N) is 1. The second-order valence-electron chi connectivity index (χ2n) is 4.41. The van der Waals surface area contributed by atoms with Gasteiger partial charge in [0.25, 0.3) is 5.91 Å². The lowest BCUT2D eigenvalue weighted by molar-refractivity contribution is 0.0311. The van der Waals surface area contributed by atoms with E-state index >= 15 is 0 Å². The van der Waals surface area contributed by atoms with Gasteiger partial charge < -0.3 is 10.4 Å². The zero-order valence-corrected chi connectivity index (χ0v) is 10.7. The van der Waals surface area contributed by atoms with Crippen LogP contribution in [0.5, 0.6) is 0 Å². The summed E-state index contributed by atoms with van der Waals surface area (Å²) in [4.78, 5) is 15.4. The van der Waals surface area contributed by atoms with Crippen molar-refractivity contribution in [1.82, 2.24) is 10.3 Å². The third-order valence-electron chi connectivity index (χ3n) is 2.97. The summed E-state index contributed by atoms with van der Waals surface area (Å²) in [5.41, 5.74) is -0.662. The van der Waals surface area contributed by atoms with Gasteiger partial charge in [-0.3, -0.25) is 9.78 Å². The van der Waals surface area contributed by atoms with Crippen LogP contribution in [0, 0.1) is 5.82 Å².